The third kappa shape index (κ3) is 4.48. The number of carbonyl (C=O) groups excluding carboxylic acids is 1. The second-order valence-corrected chi connectivity index (χ2v) is 5.16. The van der Waals surface area contributed by atoms with Crippen LogP contribution in [0.4, 0.5) is 11.4 Å². The zero-order valence-corrected chi connectivity index (χ0v) is 12.4. The van der Waals surface area contributed by atoms with Gasteiger partial charge in [0.05, 0.1) is 6.61 Å². The summed E-state index contributed by atoms with van der Waals surface area (Å²) in [5.41, 5.74) is 2.24. The topological polar surface area (TPSA) is 61.4 Å². The highest BCUT2D eigenvalue weighted by Crippen LogP contribution is 2.16. The van der Waals surface area contributed by atoms with E-state index in [1.807, 2.05) is 24.3 Å². The van der Waals surface area contributed by atoms with Gasteiger partial charge in [-0.3, -0.25) is 4.79 Å². The third-order valence-corrected chi connectivity index (χ3v) is 3.21. The molecule has 0 saturated heterocycles. The monoisotopic (exact) mass is 304 g/mol. The average Bonchev–Trinajstić information content (AvgIpc) is 2.47. The van der Waals surface area contributed by atoms with Crippen LogP contribution < -0.4 is 10.6 Å². The molecule has 0 spiro atoms. The van der Waals surface area contributed by atoms with E-state index < -0.39 is 6.04 Å². The summed E-state index contributed by atoms with van der Waals surface area (Å²) in [5.74, 6) is -0.160. The Balaban J connectivity index is 1.99. The predicted octanol–water partition coefficient (Wildman–Crippen LogP) is 3.27. The molecule has 21 heavy (non-hydrogen) atoms. The third-order valence-electron chi connectivity index (χ3n) is 2.98. The van der Waals surface area contributed by atoms with E-state index in [1.54, 1.807) is 31.2 Å². The summed E-state index contributed by atoms with van der Waals surface area (Å²) in [4.78, 5) is 12.1. The second-order valence-electron chi connectivity index (χ2n) is 4.72. The Morgan fingerprint density at radius 3 is 2.62 bits per heavy atom. The van der Waals surface area contributed by atoms with Crippen molar-refractivity contribution in [2.45, 2.75) is 19.6 Å². The Kier molecular flexibility index (Phi) is 5.20. The lowest BCUT2D eigenvalue weighted by Crippen LogP contribution is -2.31. The second kappa shape index (κ2) is 7.11. The van der Waals surface area contributed by atoms with Gasteiger partial charge in [-0.15, -0.1) is 0 Å². The van der Waals surface area contributed by atoms with Crippen LogP contribution in [-0.2, 0) is 11.4 Å². The van der Waals surface area contributed by atoms with E-state index in [0.717, 1.165) is 11.3 Å². The summed E-state index contributed by atoms with van der Waals surface area (Å²) >= 11 is 5.88. The summed E-state index contributed by atoms with van der Waals surface area (Å²) < 4.78 is 0. The highest BCUT2D eigenvalue weighted by atomic mass is 35.5. The number of anilines is 2. The molecule has 0 saturated carbocycles. The minimum atomic E-state index is -0.419. The van der Waals surface area contributed by atoms with Crippen molar-refractivity contribution in [2.24, 2.45) is 0 Å². The summed E-state index contributed by atoms with van der Waals surface area (Å²) in [6.45, 7) is 1.74. The van der Waals surface area contributed by atoms with Gasteiger partial charge in [0.1, 0.15) is 6.04 Å². The Morgan fingerprint density at radius 1 is 1.19 bits per heavy atom. The maximum atomic E-state index is 12.1. The van der Waals surface area contributed by atoms with Crippen LogP contribution in [0.2, 0.25) is 5.02 Å². The van der Waals surface area contributed by atoms with Gasteiger partial charge in [0.15, 0.2) is 0 Å². The predicted molar refractivity (Wildman–Crippen MR) is 85.5 cm³/mol. The molecule has 0 bridgehead atoms. The van der Waals surface area contributed by atoms with Crippen LogP contribution in [0.15, 0.2) is 48.5 Å². The lowest BCUT2D eigenvalue weighted by Gasteiger charge is -2.16. The molecule has 0 aliphatic heterocycles. The Bertz CT molecular complexity index is 631. The number of nitrogens with one attached hydrogen (secondary N) is 2. The van der Waals surface area contributed by atoms with Crippen LogP contribution in [-0.4, -0.2) is 17.1 Å². The fourth-order valence-electron chi connectivity index (χ4n) is 1.89. The molecule has 2 aromatic rings. The quantitative estimate of drug-likeness (QED) is 0.794. The molecule has 0 heterocycles. The first-order chi connectivity index (χ1) is 10.1. The lowest BCUT2D eigenvalue weighted by molar-refractivity contribution is -0.116. The van der Waals surface area contributed by atoms with Crippen LogP contribution in [0.25, 0.3) is 0 Å². The zero-order valence-electron chi connectivity index (χ0n) is 11.6. The number of amides is 1. The van der Waals surface area contributed by atoms with Crippen LogP contribution in [0.1, 0.15) is 12.5 Å². The van der Waals surface area contributed by atoms with E-state index in [1.165, 1.54) is 0 Å². The van der Waals surface area contributed by atoms with Gasteiger partial charge in [0, 0.05) is 16.4 Å². The van der Waals surface area contributed by atoms with Gasteiger partial charge in [-0.1, -0.05) is 29.8 Å². The van der Waals surface area contributed by atoms with Gasteiger partial charge >= 0.3 is 0 Å². The largest absolute Gasteiger partial charge is 0.392 e. The number of benzene rings is 2. The summed E-state index contributed by atoms with van der Waals surface area (Å²) in [6, 6.07) is 13.9. The molecule has 1 unspecified atom stereocenters. The van der Waals surface area contributed by atoms with Gasteiger partial charge in [-0.2, -0.15) is 0 Å². The van der Waals surface area contributed by atoms with Gasteiger partial charge < -0.3 is 15.7 Å². The van der Waals surface area contributed by atoms with Crippen molar-refractivity contribution in [3.05, 3.63) is 59.1 Å². The fraction of sp³-hybridized carbons (Fsp3) is 0.188. The van der Waals surface area contributed by atoms with Crippen molar-refractivity contribution in [2.75, 3.05) is 10.6 Å². The Labute approximate surface area is 128 Å². The average molecular weight is 305 g/mol. The molecule has 1 atom stereocenters. The first-order valence-corrected chi connectivity index (χ1v) is 6.99. The van der Waals surface area contributed by atoms with Crippen molar-refractivity contribution < 1.29 is 9.90 Å². The van der Waals surface area contributed by atoms with Crippen LogP contribution in [0, 0.1) is 0 Å². The first kappa shape index (κ1) is 15.4. The molecule has 0 aliphatic rings. The Morgan fingerprint density at radius 2 is 1.90 bits per heavy atom. The van der Waals surface area contributed by atoms with Crippen LogP contribution in [0.5, 0.6) is 0 Å². The number of aliphatic hydroxyl groups is 1. The molecular weight excluding hydrogens is 288 g/mol. The smallest absolute Gasteiger partial charge is 0.246 e. The number of carbonyl (C=O) groups is 1. The van der Waals surface area contributed by atoms with Gasteiger partial charge in [0.25, 0.3) is 0 Å². The molecule has 2 aromatic carbocycles. The molecule has 110 valence electrons. The molecule has 3 N–H and O–H groups in total. The summed E-state index contributed by atoms with van der Waals surface area (Å²) in [7, 11) is 0. The van der Waals surface area contributed by atoms with Gasteiger partial charge in [-0.25, -0.2) is 0 Å². The van der Waals surface area contributed by atoms with Gasteiger partial charge in [0.2, 0.25) is 5.91 Å². The van der Waals surface area contributed by atoms with E-state index in [0.29, 0.717) is 10.7 Å². The minimum Gasteiger partial charge on any atom is -0.392 e. The van der Waals surface area contributed by atoms with Crippen molar-refractivity contribution in [1.82, 2.24) is 0 Å². The molecule has 2 rings (SSSR count). The standard InChI is InChI=1S/C16H17ClN2O2/c1-11(18-14-6-2-4-12(8-14)10-20)16(21)19-15-7-3-5-13(17)9-15/h2-9,11,18,20H,10H2,1H3,(H,19,21). The Hall–Kier alpha value is -2.04. The van der Waals surface area contributed by atoms with Crippen molar-refractivity contribution in [3.63, 3.8) is 0 Å². The van der Waals surface area contributed by atoms with Crippen LogP contribution >= 0.6 is 11.6 Å². The van der Waals surface area contributed by atoms with Crippen LogP contribution in [0.3, 0.4) is 0 Å². The molecule has 0 aliphatic carbocycles. The lowest BCUT2D eigenvalue weighted by atomic mass is 10.2. The summed E-state index contributed by atoms with van der Waals surface area (Å²) in [6.07, 6.45) is 0. The molecule has 1 amide bonds. The molecule has 5 heteroatoms. The highest BCUT2D eigenvalue weighted by Gasteiger charge is 2.13. The highest BCUT2D eigenvalue weighted by molar-refractivity contribution is 6.30. The van der Waals surface area contributed by atoms with E-state index in [-0.39, 0.29) is 12.5 Å². The maximum Gasteiger partial charge on any atom is 0.246 e. The molecule has 0 radical (unpaired) electrons. The SMILES string of the molecule is CC(Nc1cccc(CO)c1)C(=O)Nc1cccc(Cl)c1. The summed E-state index contributed by atoms with van der Waals surface area (Å²) in [5, 5.41) is 15.6. The van der Waals surface area contributed by atoms with E-state index >= 15 is 0 Å². The molecular formula is C16H17ClN2O2. The van der Waals surface area contributed by atoms with E-state index in [2.05, 4.69) is 10.6 Å². The number of halogens is 1. The minimum absolute atomic E-state index is 0.0292. The zero-order chi connectivity index (χ0) is 15.2. The first-order valence-electron chi connectivity index (χ1n) is 6.61. The van der Waals surface area contributed by atoms with Crippen molar-refractivity contribution >= 4 is 28.9 Å². The molecule has 0 fully saturated rings. The number of rotatable bonds is 5. The van der Waals surface area contributed by atoms with E-state index in [4.69, 9.17) is 16.7 Å². The normalized spacial score (nSPS) is 11.8. The number of aliphatic hydroxyl groups excluding tert-OH is 1. The van der Waals surface area contributed by atoms with Crippen molar-refractivity contribution in [1.29, 1.82) is 0 Å². The van der Waals surface area contributed by atoms with Gasteiger partial charge in [-0.05, 0) is 42.8 Å². The molecule has 4 nitrogen and oxygen atoms in total. The number of hydrogen-bond donors (Lipinski definition) is 3. The number of hydrogen-bond acceptors (Lipinski definition) is 3. The fourth-order valence-corrected chi connectivity index (χ4v) is 2.08. The van der Waals surface area contributed by atoms with Crippen molar-refractivity contribution in [3.8, 4) is 0 Å². The van der Waals surface area contributed by atoms with E-state index in [9.17, 15) is 4.79 Å². The molecule has 0 aromatic heterocycles. The maximum absolute atomic E-state index is 12.1.